The Morgan fingerprint density at radius 2 is 2.00 bits per heavy atom. The summed E-state index contributed by atoms with van der Waals surface area (Å²) in [5.41, 5.74) is 5.02. The molecule has 2 aromatic heterocycles. The summed E-state index contributed by atoms with van der Waals surface area (Å²) in [4.78, 5) is 36.5. The Hall–Kier alpha value is -2.97. The minimum atomic E-state index is -0.184. The van der Waals surface area contributed by atoms with Gasteiger partial charge in [0.05, 0.1) is 19.3 Å². The number of nitrogens with zero attached hydrogens (tertiary/aromatic N) is 2. The second-order valence-corrected chi connectivity index (χ2v) is 10.3. The number of benzene rings is 1. The standard InChI is InChI=1S/C27H32N4O3S/c1-18-22(26(33)30-27(28-18)31-12-14-34-15-13-31)10-11-24(32)29-25(23-7-4-16-35-23)21-9-8-19-5-2-3-6-20(19)17-21/h4,7-9,16-17,25H,2-3,5-6,10-15H2,1H3,(H,29,32)(H,28,30,33). The van der Waals surface area contributed by atoms with Gasteiger partial charge in [0.15, 0.2) is 0 Å². The molecule has 8 heteroatoms. The first-order chi connectivity index (χ1) is 17.1. The number of morpholine rings is 1. The zero-order chi connectivity index (χ0) is 24.2. The molecule has 0 spiro atoms. The minimum Gasteiger partial charge on any atom is -0.378 e. The van der Waals surface area contributed by atoms with E-state index in [9.17, 15) is 9.59 Å². The highest BCUT2D eigenvalue weighted by Crippen LogP contribution is 2.30. The van der Waals surface area contributed by atoms with Crippen molar-refractivity contribution in [2.45, 2.75) is 51.5 Å². The average Bonchev–Trinajstić information content (AvgIpc) is 3.42. The van der Waals surface area contributed by atoms with Crippen molar-refractivity contribution in [3.05, 3.63) is 78.9 Å². The van der Waals surface area contributed by atoms with Crippen LogP contribution in [-0.2, 0) is 28.8 Å². The van der Waals surface area contributed by atoms with Gasteiger partial charge in [0, 0.05) is 35.6 Å². The normalized spacial score (nSPS) is 16.5. The predicted molar refractivity (Wildman–Crippen MR) is 138 cm³/mol. The number of nitrogens with one attached hydrogen (secondary N) is 2. The van der Waals surface area contributed by atoms with Crippen molar-refractivity contribution in [1.29, 1.82) is 0 Å². The van der Waals surface area contributed by atoms with Gasteiger partial charge in [-0.25, -0.2) is 4.98 Å². The maximum Gasteiger partial charge on any atom is 0.255 e. The molecular formula is C27H32N4O3S. The highest BCUT2D eigenvalue weighted by atomic mass is 32.1. The van der Waals surface area contributed by atoms with Crippen LogP contribution in [-0.4, -0.2) is 42.2 Å². The van der Waals surface area contributed by atoms with Gasteiger partial charge in [-0.2, -0.15) is 0 Å². The fourth-order valence-corrected chi connectivity index (χ4v) is 5.80. The molecule has 1 amide bonds. The van der Waals surface area contributed by atoms with Crippen molar-refractivity contribution in [3.63, 3.8) is 0 Å². The third-order valence-electron chi connectivity index (χ3n) is 6.96. The number of hydrogen-bond donors (Lipinski definition) is 2. The van der Waals surface area contributed by atoms with Gasteiger partial charge >= 0.3 is 0 Å². The van der Waals surface area contributed by atoms with Crippen molar-refractivity contribution in [2.75, 3.05) is 31.2 Å². The van der Waals surface area contributed by atoms with Gasteiger partial charge in [0.25, 0.3) is 5.56 Å². The molecule has 3 heterocycles. The van der Waals surface area contributed by atoms with Gasteiger partial charge in [0.2, 0.25) is 11.9 Å². The number of aryl methyl sites for hydroxylation is 3. The molecule has 35 heavy (non-hydrogen) atoms. The van der Waals surface area contributed by atoms with Gasteiger partial charge in [-0.15, -0.1) is 11.3 Å². The lowest BCUT2D eigenvalue weighted by molar-refractivity contribution is -0.121. The SMILES string of the molecule is Cc1nc(N2CCOCC2)[nH]c(=O)c1CCC(=O)NC(c1ccc2c(c1)CCCC2)c1cccs1. The van der Waals surface area contributed by atoms with E-state index in [-0.39, 0.29) is 23.9 Å². The van der Waals surface area contributed by atoms with Crippen LogP contribution in [0, 0.1) is 6.92 Å². The molecule has 0 radical (unpaired) electrons. The number of H-pyrrole nitrogens is 1. The van der Waals surface area contributed by atoms with Crippen LogP contribution >= 0.6 is 11.3 Å². The number of aromatic amines is 1. The monoisotopic (exact) mass is 492 g/mol. The molecule has 1 saturated heterocycles. The highest BCUT2D eigenvalue weighted by molar-refractivity contribution is 7.10. The Kier molecular flexibility index (Phi) is 7.29. The number of rotatable bonds is 7. The molecule has 0 saturated carbocycles. The Balaban J connectivity index is 1.29. The molecule has 1 atom stereocenters. The third kappa shape index (κ3) is 5.49. The summed E-state index contributed by atoms with van der Waals surface area (Å²) in [7, 11) is 0. The van der Waals surface area contributed by atoms with E-state index in [2.05, 4.69) is 39.6 Å². The van der Waals surface area contributed by atoms with E-state index in [0.717, 1.165) is 23.3 Å². The highest BCUT2D eigenvalue weighted by Gasteiger charge is 2.21. The topological polar surface area (TPSA) is 87.3 Å². The second-order valence-electron chi connectivity index (χ2n) is 9.30. The summed E-state index contributed by atoms with van der Waals surface area (Å²) in [5.74, 6) is 0.506. The smallest absolute Gasteiger partial charge is 0.255 e. The molecule has 2 aliphatic rings. The number of ether oxygens (including phenoxy) is 1. The summed E-state index contributed by atoms with van der Waals surface area (Å²) in [6.07, 6.45) is 5.29. The first-order valence-electron chi connectivity index (χ1n) is 12.5. The fraction of sp³-hybridized carbons (Fsp3) is 0.444. The fourth-order valence-electron chi connectivity index (χ4n) is 4.99. The van der Waals surface area contributed by atoms with Crippen LogP contribution in [0.25, 0.3) is 0 Å². The number of amides is 1. The number of fused-ring (bicyclic) bond motifs is 1. The van der Waals surface area contributed by atoms with Crippen molar-refractivity contribution in [3.8, 4) is 0 Å². The van der Waals surface area contributed by atoms with Crippen molar-refractivity contribution in [1.82, 2.24) is 15.3 Å². The summed E-state index contributed by atoms with van der Waals surface area (Å²) in [6.45, 7) is 4.50. The van der Waals surface area contributed by atoms with E-state index >= 15 is 0 Å². The van der Waals surface area contributed by atoms with Crippen LogP contribution < -0.4 is 15.8 Å². The molecular weight excluding hydrogens is 460 g/mol. The molecule has 2 N–H and O–H groups in total. The van der Waals surface area contributed by atoms with Crippen LogP contribution in [0.15, 0.2) is 40.5 Å². The van der Waals surface area contributed by atoms with E-state index in [1.54, 1.807) is 11.3 Å². The quantitative estimate of drug-likeness (QED) is 0.525. The zero-order valence-electron chi connectivity index (χ0n) is 20.1. The lowest BCUT2D eigenvalue weighted by atomic mass is 9.89. The van der Waals surface area contributed by atoms with Gasteiger partial charge in [0.1, 0.15) is 0 Å². The first kappa shape index (κ1) is 23.8. The first-order valence-corrected chi connectivity index (χ1v) is 13.3. The number of thiophene rings is 1. The van der Waals surface area contributed by atoms with Crippen molar-refractivity contribution >= 4 is 23.2 Å². The lowest BCUT2D eigenvalue weighted by Crippen LogP contribution is -2.38. The number of carbonyl (C=O) groups is 1. The number of hydrogen-bond acceptors (Lipinski definition) is 6. The number of aromatic nitrogens is 2. The Labute approximate surface area is 209 Å². The molecule has 5 rings (SSSR count). The van der Waals surface area contributed by atoms with Gasteiger partial charge < -0.3 is 15.0 Å². The molecule has 1 fully saturated rings. The molecule has 1 aliphatic carbocycles. The van der Waals surface area contributed by atoms with E-state index in [1.165, 1.54) is 24.0 Å². The molecule has 7 nitrogen and oxygen atoms in total. The Morgan fingerprint density at radius 1 is 1.20 bits per heavy atom. The van der Waals surface area contributed by atoms with E-state index in [1.807, 2.05) is 23.3 Å². The molecule has 0 bridgehead atoms. The van der Waals surface area contributed by atoms with Crippen LogP contribution in [0.3, 0.4) is 0 Å². The molecule has 1 unspecified atom stereocenters. The number of anilines is 1. The van der Waals surface area contributed by atoms with E-state index < -0.39 is 0 Å². The Morgan fingerprint density at radius 3 is 2.74 bits per heavy atom. The molecule has 184 valence electrons. The van der Waals surface area contributed by atoms with E-state index in [4.69, 9.17) is 4.74 Å². The van der Waals surface area contributed by atoms with Gasteiger partial charge in [-0.3, -0.25) is 14.6 Å². The largest absolute Gasteiger partial charge is 0.378 e. The average molecular weight is 493 g/mol. The van der Waals surface area contributed by atoms with Crippen LogP contribution in [0.5, 0.6) is 0 Å². The summed E-state index contributed by atoms with van der Waals surface area (Å²) < 4.78 is 5.38. The minimum absolute atomic E-state index is 0.0721. The van der Waals surface area contributed by atoms with Crippen molar-refractivity contribution < 1.29 is 9.53 Å². The Bertz CT molecular complexity index is 1230. The van der Waals surface area contributed by atoms with Crippen molar-refractivity contribution in [2.24, 2.45) is 0 Å². The zero-order valence-corrected chi connectivity index (χ0v) is 21.0. The van der Waals surface area contributed by atoms with Crippen LogP contribution in [0.4, 0.5) is 5.95 Å². The van der Waals surface area contributed by atoms with Crippen LogP contribution in [0.2, 0.25) is 0 Å². The second kappa shape index (κ2) is 10.7. The maximum atomic E-state index is 13.1. The summed E-state index contributed by atoms with van der Waals surface area (Å²) in [6, 6.07) is 10.5. The van der Waals surface area contributed by atoms with E-state index in [0.29, 0.717) is 49.9 Å². The summed E-state index contributed by atoms with van der Waals surface area (Å²) in [5, 5.41) is 5.27. The number of carbonyl (C=O) groups excluding carboxylic acids is 1. The van der Waals surface area contributed by atoms with Crippen LogP contribution in [0.1, 0.15) is 58.1 Å². The van der Waals surface area contributed by atoms with Gasteiger partial charge in [-0.05, 0) is 67.2 Å². The summed E-state index contributed by atoms with van der Waals surface area (Å²) >= 11 is 1.65. The third-order valence-corrected chi connectivity index (χ3v) is 7.90. The maximum absolute atomic E-state index is 13.1. The molecule has 1 aliphatic heterocycles. The lowest BCUT2D eigenvalue weighted by Gasteiger charge is -2.27. The predicted octanol–water partition coefficient (Wildman–Crippen LogP) is 3.69. The molecule has 1 aromatic carbocycles. The van der Waals surface area contributed by atoms with Gasteiger partial charge in [-0.1, -0.05) is 24.3 Å². The molecule has 3 aromatic rings.